The second-order valence-electron chi connectivity index (χ2n) is 10.7. The Morgan fingerprint density at radius 2 is 0.611 bits per heavy atom. The van der Waals surface area contributed by atoms with Crippen LogP contribution >= 0.6 is 0 Å². The fourth-order valence-electron chi connectivity index (χ4n) is 4.39. The monoisotopic (exact) mass is 827 g/mol. The van der Waals surface area contributed by atoms with Crippen molar-refractivity contribution in [2.24, 2.45) is 0 Å². The van der Waals surface area contributed by atoms with Crippen LogP contribution in [-0.2, 0) is 4.74 Å². The molecule has 0 aliphatic carbocycles. The predicted octanol–water partition coefficient (Wildman–Crippen LogP) is 4.84. The lowest BCUT2D eigenvalue weighted by Gasteiger charge is -2.35. The molecule has 31 heteroatoms. The highest BCUT2D eigenvalue weighted by Gasteiger charge is 2.62. The van der Waals surface area contributed by atoms with Crippen LogP contribution in [0.4, 0.5) is 96.9 Å². The number of rotatable bonds is 9. The van der Waals surface area contributed by atoms with Crippen molar-refractivity contribution in [2.45, 2.75) is 55.4 Å². The Bertz CT molecular complexity index is 1480. The normalized spacial score (nSPS) is 17.2. The SMILES string of the molecule is FC(F)(F)C(Oc1nc(OC(C(F)(F)F)C(F)(F)F)nc(N2CCN(c3nc(OC(C(F)(F)F)C(F)(F)F)nc(N4CCOCC4)n3)CC2)n1)C(F)(F)F. The molecule has 4 heterocycles. The molecule has 0 N–H and O–H groups in total. The number of halogens is 18. The molecule has 4 rings (SSSR count). The maximum absolute atomic E-state index is 13.2. The van der Waals surface area contributed by atoms with Crippen LogP contribution in [0.25, 0.3) is 0 Å². The second-order valence-corrected chi connectivity index (χ2v) is 10.7. The summed E-state index contributed by atoms with van der Waals surface area (Å²) in [5.41, 5.74) is 0. The highest BCUT2D eigenvalue weighted by atomic mass is 19.4. The third kappa shape index (κ3) is 10.8. The summed E-state index contributed by atoms with van der Waals surface area (Å²) in [6, 6.07) is -5.63. The number of nitrogens with zero attached hydrogens (tertiary/aromatic N) is 9. The Morgan fingerprint density at radius 3 is 0.889 bits per heavy atom. The average Bonchev–Trinajstić information content (AvgIpc) is 3.02. The maximum Gasteiger partial charge on any atom is 0.434 e. The van der Waals surface area contributed by atoms with Crippen molar-refractivity contribution < 1.29 is 98.0 Å². The van der Waals surface area contributed by atoms with Crippen molar-refractivity contribution in [1.29, 1.82) is 0 Å². The van der Waals surface area contributed by atoms with Crippen LogP contribution in [0.2, 0.25) is 0 Å². The van der Waals surface area contributed by atoms with Gasteiger partial charge < -0.3 is 33.6 Å². The fourth-order valence-corrected chi connectivity index (χ4v) is 4.39. The number of ether oxygens (including phenoxy) is 4. The smallest absolute Gasteiger partial charge is 0.434 e. The van der Waals surface area contributed by atoms with E-state index in [0.29, 0.717) is 0 Å². The van der Waals surface area contributed by atoms with E-state index in [-0.39, 0.29) is 26.3 Å². The molecule has 0 amide bonds. The van der Waals surface area contributed by atoms with E-state index in [1.54, 1.807) is 0 Å². The zero-order chi connectivity index (χ0) is 40.7. The van der Waals surface area contributed by atoms with Gasteiger partial charge in [-0.15, -0.1) is 4.98 Å². The zero-order valence-corrected chi connectivity index (χ0v) is 25.9. The van der Waals surface area contributed by atoms with Crippen LogP contribution in [0.3, 0.4) is 0 Å². The number of hydrogen-bond acceptors (Lipinski definition) is 13. The summed E-state index contributed by atoms with van der Waals surface area (Å²) >= 11 is 0. The molecule has 2 fully saturated rings. The van der Waals surface area contributed by atoms with Gasteiger partial charge in [-0.1, -0.05) is 0 Å². The molecule has 54 heavy (non-hydrogen) atoms. The summed E-state index contributed by atoms with van der Waals surface area (Å²) in [6.45, 7) is -2.26. The first-order valence-corrected chi connectivity index (χ1v) is 14.3. The van der Waals surface area contributed by atoms with Gasteiger partial charge in [0.25, 0.3) is 18.3 Å². The van der Waals surface area contributed by atoms with Gasteiger partial charge in [0.05, 0.1) is 13.2 Å². The third-order valence-corrected chi connectivity index (χ3v) is 6.77. The van der Waals surface area contributed by atoms with Crippen LogP contribution < -0.4 is 28.9 Å². The molecule has 2 aromatic heterocycles. The topological polar surface area (TPSA) is 124 Å². The van der Waals surface area contributed by atoms with Gasteiger partial charge in [0.1, 0.15) is 0 Å². The lowest BCUT2D eigenvalue weighted by atomic mass is 10.3. The van der Waals surface area contributed by atoms with E-state index < -0.39 is 117 Å². The summed E-state index contributed by atoms with van der Waals surface area (Å²) in [5, 5.41) is 0. The first kappa shape index (κ1) is 42.3. The number of alkyl halides is 18. The van der Waals surface area contributed by atoms with Gasteiger partial charge in [-0.2, -0.15) is 104 Å². The van der Waals surface area contributed by atoms with Crippen LogP contribution in [0.5, 0.6) is 18.0 Å². The van der Waals surface area contributed by atoms with E-state index >= 15 is 0 Å². The Kier molecular flexibility index (Phi) is 11.7. The molecule has 0 bridgehead atoms. The number of anilines is 3. The van der Waals surface area contributed by atoms with Gasteiger partial charge in [-0.05, 0) is 0 Å². The summed E-state index contributed by atoms with van der Waals surface area (Å²) in [5.74, 6) is -2.31. The van der Waals surface area contributed by atoms with E-state index in [0.717, 1.165) is 9.80 Å². The minimum absolute atomic E-state index is 0.0140. The average molecular weight is 827 g/mol. The first-order valence-electron chi connectivity index (χ1n) is 14.3. The van der Waals surface area contributed by atoms with Crippen LogP contribution in [0.15, 0.2) is 0 Å². The fraction of sp³-hybridized carbons (Fsp3) is 0.739. The molecule has 2 aromatic rings. The van der Waals surface area contributed by atoms with E-state index in [9.17, 15) is 79.0 Å². The standard InChI is InChI=1S/C23H19F18N9O4/c24-18(25,26)9(19(27,28)29)52-15-43-12(42-13(44-15)50-5-7-51-8-6-50)48-1-3-49(4-2-48)14-45-16(53-10(20(30,31)32)21(33,34)35)47-17(46-14)54-11(22(36,37)38)23(39,40)41/h9-11H,1-8H2. The highest BCUT2D eigenvalue weighted by molar-refractivity contribution is 5.43. The molecule has 306 valence electrons. The van der Waals surface area contributed by atoms with Crippen LogP contribution in [-0.4, -0.2) is 138 Å². The first-order chi connectivity index (χ1) is 24.5. The maximum atomic E-state index is 13.2. The van der Waals surface area contributed by atoms with Gasteiger partial charge >= 0.3 is 55.1 Å². The zero-order valence-electron chi connectivity index (χ0n) is 25.9. The van der Waals surface area contributed by atoms with E-state index in [1.807, 2.05) is 0 Å². The molecule has 2 aliphatic heterocycles. The Hall–Kier alpha value is -4.48. The van der Waals surface area contributed by atoms with E-state index in [2.05, 4.69) is 44.1 Å². The minimum atomic E-state index is -6.27. The molecule has 0 atom stereocenters. The lowest BCUT2D eigenvalue weighted by molar-refractivity contribution is -0.303. The molecule has 0 radical (unpaired) electrons. The van der Waals surface area contributed by atoms with Crippen molar-refractivity contribution in [3.8, 4) is 18.0 Å². The quantitative estimate of drug-likeness (QED) is 0.321. The summed E-state index contributed by atoms with van der Waals surface area (Å²) in [6.07, 6.45) is -51.0. The van der Waals surface area contributed by atoms with Gasteiger partial charge in [-0.25, -0.2) is 0 Å². The molecule has 0 aromatic carbocycles. The van der Waals surface area contributed by atoms with Crippen molar-refractivity contribution in [1.82, 2.24) is 29.9 Å². The minimum Gasteiger partial charge on any atom is -0.440 e. The van der Waals surface area contributed by atoms with Crippen molar-refractivity contribution in [3.63, 3.8) is 0 Å². The summed E-state index contributed by atoms with van der Waals surface area (Å²) < 4.78 is 254. The molecular formula is C23H19F18N9O4. The van der Waals surface area contributed by atoms with Crippen LogP contribution in [0, 0.1) is 0 Å². The number of morpholine rings is 1. The molecule has 2 aliphatic rings. The van der Waals surface area contributed by atoms with E-state index in [4.69, 9.17) is 4.74 Å². The second kappa shape index (κ2) is 15.0. The van der Waals surface area contributed by atoms with E-state index in [1.165, 1.54) is 4.90 Å². The Labute approximate surface area is 287 Å². The molecule has 0 unspecified atom stereocenters. The largest absolute Gasteiger partial charge is 0.440 e. The van der Waals surface area contributed by atoms with Gasteiger partial charge in [0.2, 0.25) is 17.8 Å². The third-order valence-electron chi connectivity index (χ3n) is 6.77. The molecule has 0 spiro atoms. The molecule has 2 saturated heterocycles. The van der Waals surface area contributed by atoms with Gasteiger partial charge in [0.15, 0.2) is 0 Å². The van der Waals surface area contributed by atoms with Crippen molar-refractivity contribution in [2.75, 3.05) is 67.2 Å². The van der Waals surface area contributed by atoms with Gasteiger partial charge in [0, 0.05) is 39.3 Å². The predicted molar refractivity (Wildman–Crippen MR) is 137 cm³/mol. The summed E-state index contributed by atoms with van der Waals surface area (Å²) in [7, 11) is 0. The molecule has 0 saturated carbocycles. The van der Waals surface area contributed by atoms with Crippen LogP contribution in [0.1, 0.15) is 0 Å². The number of piperazine rings is 1. The van der Waals surface area contributed by atoms with Crippen molar-refractivity contribution >= 4 is 17.8 Å². The molecular weight excluding hydrogens is 808 g/mol. The highest BCUT2D eigenvalue weighted by Crippen LogP contribution is 2.39. The number of aromatic nitrogens is 6. The molecule has 13 nitrogen and oxygen atoms in total. The van der Waals surface area contributed by atoms with Gasteiger partial charge in [-0.3, -0.25) is 0 Å². The summed E-state index contributed by atoms with van der Waals surface area (Å²) in [4.78, 5) is 23.0. The Morgan fingerprint density at radius 1 is 0.370 bits per heavy atom. The lowest BCUT2D eigenvalue weighted by Crippen LogP contribution is -2.49. The Balaban J connectivity index is 1.67. The number of hydrogen-bond donors (Lipinski definition) is 0. The van der Waals surface area contributed by atoms with Crippen molar-refractivity contribution in [3.05, 3.63) is 0 Å².